The molecule has 2 N–H and O–H groups in total. The lowest BCUT2D eigenvalue weighted by Gasteiger charge is -2.30. The molecule has 4 rings (SSSR count). The number of nitrogens with one attached hydrogen (secondary N) is 1. The highest BCUT2D eigenvalue weighted by atomic mass is 16.5. The number of hydrogen-bond acceptors (Lipinski definition) is 6. The van der Waals surface area contributed by atoms with Gasteiger partial charge < -0.3 is 15.0 Å². The van der Waals surface area contributed by atoms with Gasteiger partial charge in [0.25, 0.3) is 0 Å². The molecule has 2 aromatic rings. The maximum atomic E-state index is 12.8. The number of fused-ring (bicyclic) bond motifs is 1. The molecule has 2 aliphatic rings. The van der Waals surface area contributed by atoms with Crippen molar-refractivity contribution < 1.29 is 19.2 Å². The normalized spacial score (nSPS) is 22.7. The average Bonchev–Trinajstić information content (AvgIpc) is 3.09. The van der Waals surface area contributed by atoms with E-state index < -0.39 is 0 Å². The topological polar surface area (TPSA) is 104 Å². The Kier molecular flexibility index (Phi) is 5.18. The molecule has 0 aliphatic heterocycles. The van der Waals surface area contributed by atoms with E-state index in [1.165, 1.54) is 0 Å². The molecule has 0 spiro atoms. The number of nitrogens with zero attached hydrogens (tertiary/aromatic N) is 1. The Labute approximate surface area is 175 Å². The third-order valence-corrected chi connectivity index (χ3v) is 6.01. The van der Waals surface area contributed by atoms with E-state index in [4.69, 9.17) is 9.93 Å². The van der Waals surface area contributed by atoms with Gasteiger partial charge in [0.05, 0.1) is 16.8 Å². The molecule has 1 atom stereocenters. The molecule has 1 unspecified atom stereocenters. The summed E-state index contributed by atoms with van der Waals surface area (Å²) in [5.74, 6) is 0.369. The Morgan fingerprint density at radius 3 is 2.60 bits per heavy atom. The summed E-state index contributed by atoms with van der Waals surface area (Å²) < 4.78 is 5.48. The molecule has 0 bridgehead atoms. The molecule has 0 radical (unpaired) electrons. The Bertz CT molecular complexity index is 1020. The number of carbonyl (C=O) groups excluding carboxylic acids is 2. The zero-order valence-corrected chi connectivity index (χ0v) is 17.3. The first-order valence-electron chi connectivity index (χ1n) is 10.3. The van der Waals surface area contributed by atoms with Crippen LogP contribution in [0.1, 0.15) is 72.8 Å². The van der Waals surface area contributed by atoms with Crippen molar-refractivity contribution in [2.45, 2.75) is 58.3 Å². The second-order valence-corrected chi connectivity index (χ2v) is 9.11. The lowest BCUT2D eigenvalue weighted by atomic mass is 9.73. The van der Waals surface area contributed by atoms with E-state index in [9.17, 15) is 14.7 Å². The van der Waals surface area contributed by atoms with Crippen molar-refractivity contribution in [1.29, 1.82) is 5.41 Å². The van der Waals surface area contributed by atoms with Gasteiger partial charge in [-0.25, -0.2) is 0 Å². The summed E-state index contributed by atoms with van der Waals surface area (Å²) in [6.45, 7) is 3.90. The van der Waals surface area contributed by atoms with Crippen LogP contribution in [0.25, 0.3) is 0 Å². The molecule has 30 heavy (non-hydrogen) atoms. The van der Waals surface area contributed by atoms with Gasteiger partial charge in [-0.3, -0.25) is 9.59 Å². The Morgan fingerprint density at radius 1 is 1.17 bits per heavy atom. The lowest BCUT2D eigenvalue weighted by molar-refractivity contribution is -0.117. The number of rotatable bonds is 4. The highest BCUT2D eigenvalue weighted by molar-refractivity contribution is 6.23. The number of ketones is 2. The maximum Gasteiger partial charge on any atom is 0.168 e. The van der Waals surface area contributed by atoms with Gasteiger partial charge in [0.15, 0.2) is 11.6 Å². The maximum absolute atomic E-state index is 12.8. The summed E-state index contributed by atoms with van der Waals surface area (Å²) in [7, 11) is 0. The van der Waals surface area contributed by atoms with Crippen molar-refractivity contribution in [1.82, 2.24) is 5.16 Å². The standard InChI is InChI=1S/C24H26N2O4/c1-24(2)12-16(25)22(20(29)13-24)18(27)9-8-17-23-19(28)10-15(11-21(23)30-26-17)14-6-4-3-5-7-14/h3-7,15,25,27H,8-13H2,1-2H3/b22-18+,25-16?. The molecule has 1 aromatic carbocycles. The van der Waals surface area contributed by atoms with Crippen molar-refractivity contribution in [3.8, 4) is 0 Å². The second kappa shape index (κ2) is 7.67. The molecule has 2 aliphatic carbocycles. The highest BCUT2D eigenvalue weighted by Crippen LogP contribution is 2.36. The molecule has 156 valence electrons. The van der Waals surface area contributed by atoms with Crippen LogP contribution in [0.3, 0.4) is 0 Å². The highest BCUT2D eigenvalue weighted by Gasteiger charge is 2.36. The molecule has 0 amide bonds. The monoisotopic (exact) mass is 406 g/mol. The summed E-state index contributed by atoms with van der Waals surface area (Å²) in [5.41, 5.74) is 2.19. The summed E-state index contributed by atoms with van der Waals surface area (Å²) in [6.07, 6.45) is 2.22. The minimum Gasteiger partial charge on any atom is -0.511 e. The Hall–Kier alpha value is -3.02. The predicted octanol–water partition coefficient (Wildman–Crippen LogP) is 4.74. The smallest absolute Gasteiger partial charge is 0.168 e. The van der Waals surface area contributed by atoms with Crippen molar-refractivity contribution in [2.24, 2.45) is 5.41 Å². The molecular formula is C24H26N2O4. The predicted molar refractivity (Wildman–Crippen MR) is 112 cm³/mol. The SMILES string of the molecule is CC1(C)CC(=N)/C(=C(\O)CCc2noc3c2C(=O)CC(c2ccccc2)C3)C(=O)C1. The van der Waals surface area contributed by atoms with Crippen LogP contribution in [0.2, 0.25) is 0 Å². The van der Waals surface area contributed by atoms with Gasteiger partial charge in [-0.2, -0.15) is 0 Å². The molecule has 1 saturated carbocycles. The van der Waals surface area contributed by atoms with Crippen LogP contribution in [0.4, 0.5) is 0 Å². The van der Waals surface area contributed by atoms with E-state index in [1.54, 1.807) is 0 Å². The first-order valence-corrected chi connectivity index (χ1v) is 10.3. The summed E-state index contributed by atoms with van der Waals surface area (Å²) in [4.78, 5) is 25.2. The van der Waals surface area contributed by atoms with Crippen LogP contribution < -0.4 is 0 Å². The number of carbonyl (C=O) groups is 2. The van der Waals surface area contributed by atoms with Gasteiger partial charge in [0.1, 0.15) is 11.5 Å². The molecular weight excluding hydrogens is 380 g/mol. The first kappa shape index (κ1) is 20.3. The van der Waals surface area contributed by atoms with E-state index >= 15 is 0 Å². The number of aliphatic hydroxyl groups is 1. The Morgan fingerprint density at radius 2 is 1.90 bits per heavy atom. The van der Waals surface area contributed by atoms with E-state index in [-0.39, 0.29) is 46.4 Å². The van der Waals surface area contributed by atoms with Crippen molar-refractivity contribution in [2.75, 3.05) is 0 Å². The van der Waals surface area contributed by atoms with Crippen LogP contribution >= 0.6 is 0 Å². The molecule has 6 nitrogen and oxygen atoms in total. The van der Waals surface area contributed by atoms with Gasteiger partial charge >= 0.3 is 0 Å². The van der Waals surface area contributed by atoms with Crippen molar-refractivity contribution in [3.05, 3.63) is 64.2 Å². The summed E-state index contributed by atoms with van der Waals surface area (Å²) in [6, 6.07) is 9.90. The number of hydrogen-bond donors (Lipinski definition) is 2. The Balaban J connectivity index is 1.50. The number of aryl methyl sites for hydroxylation is 1. The molecule has 1 aromatic heterocycles. The number of benzene rings is 1. The van der Waals surface area contributed by atoms with Gasteiger partial charge in [0, 0.05) is 37.8 Å². The second-order valence-electron chi connectivity index (χ2n) is 9.11. The van der Waals surface area contributed by atoms with Gasteiger partial charge in [-0.05, 0) is 23.3 Å². The number of allylic oxidation sites excluding steroid dienone is 2. The van der Waals surface area contributed by atoms with Crippen molar-refractivity contribution >= 4 is 17.3 Å². The van der Waals surface area contributed by atoms with Gasteiger partial charge in [-0.15, -0.1) is 0 Å². The zero-order chi connectivity index (χ0) is 21.5. The number of aliphatic hydroxyl groups excluding tert-OH is 1. The lowest BCUT2D eigenvalue weighted by Crippen LogP contribution is -2.32. The van der Waals surface area contributed by atoms with Gasteiger partial charge in [0.2, 0.25) is 0 Å². The summed E-state index contributed by atoms with van der Waals surface area (Å²) in [5, 5.41) is 22.8. The van der Waals surface area contributed by atoms with E-state index in [1.807, 2.05) is 44.2 Å². The van der Waals surface area contributed by atoms with Gasteiger partial charge in [-0.1, -0.05) is 49.3 Å². The van der Waals surface area contributed by atoms with Crippen LogP contribution in [-0.4, -0.2) is 27.5 Å². The fourth-order valence-corrected chi connectivity index (χ4v) is 4.59. The third kappa shape index (κ3) is 3.86. The minimum atomic E-state index is -0.259. The van der Waals surface area contributed by atoms with Crippen LogP contribution in [0.5, 0.6) is 0 Å². The molecule has 1 heterocycles. The fourth-order valence-electron chi connectivity index (χ4n) is 4.59. The zero-order valence-electron chi connectivity index (χ0n) is 17.3. The van der Waals surface area contributed by atoms with Crippen LogP contribution in [0.15, 0.2) is 46.2 Å². The van der Waals surface area contributed by atoms with E-state index in [0.29, 0.717) is 49.1 Å². The number of Topliss-reactive ketones (excluding diaryl/α,β-unsaturated/α-hetero) is 2. The number of aromatic nitrogens is 1. The summed E-state index contributed by atoms with van der Waals surface area (Å²) >= 11 is 0. The molecule has 1 fully saturated rings. The quantitative estimate of drug-likeness (QED) is 0.564. The van der Waals surface area contributed by atoms with Crippen LogP contribution in [-0.2, 0) is 17.6 Å². The third-order valence-electron chi connectivity index (χ3n) is 6.01. The van der Waals surface area contributed by atoms with Crippen molar-refractivity contribution in [3.63, 3.8) is 0 Å². The minimum absolute atomic E-state index is 0.00303. The van der Waals surface area contributed by atoms with Crippen LogP contribution in [0, 0.1) is 10.8 Å². The molecule has 6 heteroatoms. The van der Waals surface area contributed by atoms with E-state index in [0.717, 1.165) is 5.56 Å². The average molecular weight is 406 g/mol. The fraction of sp³-hybridized carbons (Fsp3) is 0.417. The first-order chi connectivity index (χ1) is 14.2. The largest absolute Gasteiger partial charge is 0.511 e. The van der Waals surface area contributed by atoms with E-state index in [2.05, 4.69) is 5.16 Å². The molecule has 0 saturated heterocycles.